The average molecular weight is 302 g/mol. The smallest absolute Gasteiger partial charge is 0.280 e. The maximum absolute atomic E-state index is 11.2. The lowest BCUT2D eigenvalue weighted by molar-refractivity contribution is 0.0553. The SMILES string of the molecule is CO.COC(CN)CO.Cn1cnc2c(=O)[nH]c(N)nc21. The van der Waals surface area contributed by atoms with Gasteiger partial charge in [0.1, 0.15) is 0 Å². The predicted molar refractivity (Wildman–Crippen MR) is 78.6 cm³/mol. The number of ether oxygens (including phenoxy) is 1. The summed E-state index contributed by atoms with van der Waals surface area (Å²) >= 11 is 0. The largest absolute Gasteiger partial charge is 0.400 e. The van der Waals surface area contributed by atoms with E-state index in [1.165, 1.54) is 13.4 Å². The lowest BCUT2D eigenvalue weighted by atomic mass is 10.4. The maximum Gasteiger partial charge on any atom is 0.280 e. The third-order valence-corrected chi connectivity index (χ3v) is 2.39. The van der Waals surface area contributed by atoms with Crippen LogP contribution in [-0.4, -0.2) is 63.2 Å². The molecule has 0 bridgehead atoms. The zero-order chi connectivity index (χ0) is 16.4. The van der Waals surface area contributed by atoms with Crippen LogP contribution in [0, 0.1) is 0 Å². The number of H-pyrrole nitrogens is 1. The highest BCUT2D eigenvalue weighted by molar-refractivity contribution is 5.70. The van der Waals surface area contributed by atoms with E-state index in [-0.39, 0.29) is 24.2 Å². The minimum Gasteiger partial charge on any atom is -0.400 e. The Balaban J connectivity index is 0.000000385. The number of aliphatic hydroxyl groups excluding tert-OH is 2. The molecular formula is C11H22N6O4. The van der Waals surface area contributed by atoms with Gasteiger partial charge in [-0.15, -0.1) is 0 Å². The minimum atomic E-state index is -0.307. The van der Waals surface area contributed by atoms with Gasteiger partial charge in [-0.25, -0.2) is 4.98 Å². The number of aromatic nitrogens is 4. The molecule has 2 heterocycles. The summed E-state index contributed by atoms with van der Waals surface area (Å²) in [5.74, 6) is 0.108. The van der Waals surface area contributed by atoms with E-state index in [2.05, 4.69) is 19.7 Å². The molecule has 2 aromatic rings. The highest BCUT2D eigenvalue weighted by atomic mass is 16.5. The highest BCUT2D eigenvalue weighted by Gasteiger charge is 2.05. The monoisotopic (exact) mass is 302 g/mol. The van der Waals surface area contributed by atoms with E-state index in [9.17, 15) is 4.79 Å². The molecule has 0 aliphatic carbocycles. The quantitative estimate of drug-likeness (QED) is 0.426. The standard InChI is InChI=1S/C6H7N5O.C4H11NO2.CH4O/c1-11-2-8-3-4(11)9-6(7)10-5(3)12;1-7-4(2-5)3-6;1-2/h2H,1H3,(H3,7,9,10,12);4,6H,2-3,5H2,1H3;2H,1H3. The van der Waals surface area contributed by atoms with E-state index in [0.717, 1.165) is 7.11 Å². The zero-order valence-electron chi connectivity index (χ0n) is 12.3. The first-order valence-electron chi connectivity index (χ1n) is 5.98. The van der Waals surface area contributed by atoms with E-state index in [1.807, 2.05) is 0 Å². The number of aliphatic hydroxyl groups is 2. The van der Waals surface area contributed by atoms with Crippen molar-refractivity contribution in [2.45, 2.75) is 6.10 Å². The molecule has 0 aromatic carbocycles. The fourth-order valence-electron chi connectivity index (χ4n) is 1.28. The number of nitrogen functional groups attached to an aromatic ring is 1. The van der Waals surface area contributed by atoms with Crippen LogP contribution in [0.2, 0.25) is 0 Å². The number of anilines is 1. The van der Waals surface area contributed by atoms with Crippen molar-refractivity contribution in [3.05, 3.63) is 16.7 Å². The van der Waals surface area contributed by atoms with Crippen molar-refractivity contribution >= 4 is 17.1 Å². The van der Waals surface area contributed by atoms with Crippen LogP contribution in [0.3, 0.4) is 0 Å². The first-order chi connectivity index (χ1) is 10.0. The molecule has 10 nitrogen and oxygen atoms in total. The van der Waals surface area contributed by atoms with E-state index >= 15 is 0 Å². The second-order valence-electron chi connectivity index (χ2n) is 3.75. The second-order valence-corrected chi connectivity index (χ2v) is 3.75. The molecule has 120 valence electrons. The number of rotatable bonds is 3. The lowest BCUT2D eigenvalue weighted by Gasteiger charge is -2.06. The highest BCUT2D eigenvalue weighted by Crippen LogP contribution is 2.02. The number of methoxy groups -OCH3 is 1. The third kappa shape index (κ3) is 5.47. The third-order valence-electron chi connectivity index (χ3n) is 2.39. The summed E-state index contributed by atoms with van der Waals surface area (Å²) in [4.78, 5) is 21.3. The molecule has 0 saturated heterocycles. The molecule has 0 fully saturated rings. The summed E-state index contributed by atoms with van der Waals surface area (Å²) in [5, 5.41) is 15.3. The van der Waals surface area contributed by atoms with Gasteiger partial charge in [-0.05, 0) is 0 Å². The van der Waals surface area contributed by atoms with Crippen LogP contribution >= 0.6 is 0 Å². The number of nitrogens with zero attached hydrogens (tertiary/aromatic N) is 3. The number of aromatic amines is 1. The minimum absolute atomic E-state index is 0.00694. The molecule has 10 heteroatoms. The molecule has 1 unspecified atom stereocenters. The van der Waals surface area contributed by atoms with Gasteiger partial charge in [0.05, 0.1) is 19.0 Å². The Morgan fingerprint density at radius 2 is 2.14 bits per heavy atom. The number of hydrogen-bond donors (Lipinski definition) is 5. The van der Waals surface area contributed by atoms with Crippen LogP contribution in [0.4, 0.5) is 5.95 Å². The Morgan fingerprint density at radius 3 is 2.57 bits per heavy atom. The van der Waals surface area contributed by atoms with Crippen LogP contribution < -0.4 is 17.0 Å². The first-order valence-corrected chi connectivity index (χ1v) is 5.98. The van der Waals surface area contributed by atoms with E-state index in [1.54, 1.807) is 11.6 Å². The number of imidazole rings is 1. The molecule has 0 spiro atoms. The Hall–Kier alpha value is -2.01. The van der Waals surface area contributed by atoms with E-state index in [0.29, 0.717) is 17.7 Å². The molecule has 2 rings (SSSR count). The molecule has 7 N–H and O–H groups in total. The van der Waals surface area contributed by atoms with Crippen molar-refractivity contribution in [1.29, 1.82) is 0 Å². The Morgan fingerprint density at radius 1 is 1.52 bits per heavy atom. The van der Waals surface area contributed by atoms with Crippen LogP contribution in [0.5, 0.6) is 0 Å². The van der Waals surface area contributed by atoms with Crippen LogP contribution in [-0.2, 0) is 11.8 Å². The van der Waals surface area contributed by atoms with Crippen molar-refractivity contribution < 1.29 is 14.9 Å². The van der Waals surface area contributed by atoms with Gasteiger partial charge in [0.2, 0.25) is 5.95 Å². The van der Waals surface area contributed by atoms with E-state index in [4.69, 9.17) is 21.7 Å². The molecule has 0 radical (unpaired) electrons. The summed E-state index contributed by atoms with van der Waals surface area (Å²) in [6, 6.07) is 0. The van der Waals surface area contributed by atoms with Gasteiger partial charge < -0.3 is 31.0 Å². The Kier molecular flexibility index (Phi) is 8.88. The fraction of sp³-hybridized carbons (Fsp3) is 0.545. The summed E-state index contributed by atoms with van der Waals surface area (Å²) in [5.41, 5.74) is 11.0. The van der Waals surface area contributed by atoms with Gasteiger partial charge >= 0.3 is 0 Å². The van der Waals surface area contributed by atoms with Crippen molar-refractivity contribution in [3.8, 4) is 0 Å². The van der Waals surface area contributed by atoms with Crippen molar-refractivity contribution in [3.63, 3.8) is 0 Å². The van der Waals surface area contributed by atoms with Gasteiger partial charge in [-0.1, -0.05) is 0 Å². The van der Waals surface area contributed by atoms with Crippen LogP contribution in [0.15, 0.2) is 11.1 Å². The molecule has 2 aromatic heterocycles. The molecule has 1 atom stereocenters. The molecule has 0 amide bonds. The topological polar surface area (TPSA) is 165 Å². The predicted octanol–water partition coefficient (Wildman–Crippen LogP) is -2.20. The maximum atomic E-state index is 11.2. The van der Waals surface area contributed by atoms with Gasteiger partial charge in [-0.3, -0.25) is 9.78 Å². The Labute approximate surface area is 121 Å². The normalized spacial score (nSPS) is 11.1. The summed E-state index contributed by atoms with van der Waals surface area (Å²) in [7, 11) is 4.27. The van der Waals surface area contributed by atoms with Crippen molar-refractivity contribution in [1.82, 2.24) is 19.5 Å². The van der Waals surface area contributed by atoms with Crippen LogP contribution in [0.25, 0.3) is 11.2 Å². The number of nitrogens with one attached hydrogen (secondary N) is 1. The fourth-order valence-corrected chi connectivity index (χ4v) is 1.28. The molecule has 0 aliphatic rings. The second kappa shape index (κ2) is 9.83. The van der Waals surface area contributed by atoms with Gasteiger partial charge in [0, 0.05) is 27.8 Å². The molecular weight excluding hydrogens is 280 g/mol. The van der Waals surface area contributed by atoms with Crippen LogP contribution in [0.1, 0.15) is 0 Å². The molecule has 0 aliphatic heterocycles. The summed E-state index contributed by atoms with van der Waals surface area (Å²) < 4.78 is 6.31. The number of fused-ring (bicyclic) bond motifs is 1. The van der Waals surface area contributed by atoms with Crippen molar-refractivity contribution in [2.75, 3.05) is 33.1 Å². The lowest BCUT2D eigenvalue weighted by Crippen LogP contribution is -2.25. The van der Waals surface area contributed by atoms with Gasteiger partial charge in [0.25, 0.3) is 5.56 Å². The first kappa shape index (κ1) is 19.0. The number of nitrogens with two attached hydrogens (primary N) is 2. The summed E-state index contributed by atoms with van der Waals surface area (Å²) in [6.07, 6.45) is 1.34. The van der Waals surface area contributed by atoms with Gasteiger partial charge in [0.15, 0.2) is 11.2 Å². The number of hydrogen-bond acceptors (Lipinski definition) is 8. The van der Waals surface area contributed by atoms with E-state index < -0.39 is 0 Å². The molecule has 21 heavy (non-hydrogen) atoms. The van der Waals surface area contributed by atoms with Gasteiger partial charge in [-0.2, -0.15) is 4.98 Å². The molecule has 0 saturated carbocycles. The zero-order valence-corrected chi connectivity index (χ0v) is 12.3. The van der Waals surface area contributed by atoms with Crippen molar-refractivity contribution in [2.24, 2.45) is 12.8 Å². The Bertz CT molecular complexity index is 572. The summed E-state index contributed by atoms with van der Waals surface area (Å²) in [6.45, 7) is 0.389. The number of aryl methyl sites for hydroxylation is 1. The average Bonchev–Trinajstić information content (AvgIpc) is 2.86.